The zero-order valence-corrected chi connectivity index (χ0v) is 24.2. The second kappa shape index (κ2) is 9.58. The van der Waals surface area contributed by atoms with Crippen LogP contribution in [0.5, 0.6) is 0 Å². The van der Waals surface area contributed by atoms with Crippen molar-refractivity contribution in [2.45, 2.75) is 59.2 Å². The molecule has 4 aromatic heterocycles. The third kappa shape index (κ3) is 4.57. The Morgan fingerprint density at radius 2 is 1.85 bits per heavy atom. The average molecular weight is 602 g/mol. The molecule has 0 radical (unpaired) electrons. The largest absolute Gasteiger partial charge is 0.336 e. The lowest BCUT2D eigenvalue weighted by Gasteiger charge is -2.27. The number of nitrogens with zero attached hydrogens (tertiary/aromatic N) is 6. The third-order valence-electron chi connectivity index (χ3n) is 8.06. The highest BCUT2D eigenvalue weighted by Gasteiger charge is 2.64. The first-order valence-electron chi connectivity index (χ1n) is 13.1. The number of hydrogen-bond acceptors (Lipinski definition) is 7. The minimum absolute atomic E-state index is 0.00712. The molecule has 2 amide bonds. The van der Waals surface area contributed by atoms with Gasteiger partial charge in [0.2, 0.25) is 11.8 Å². The van der Waals surface area contributed by atoms with Gasteiger partial charge in [-0.15, -0.1) is 0 Å². The van der Waals surface area contributed by atoms with Gasteiger partial charge >= 0.3 is 0 Å². The predicted octanol–water partition coefficient (Wildman–Crippen LogP) is 4.49. The first kappa shape index (κ1) is 26.2. The third-order valence-corrected chi connectivity index (χ3v) is 8.50. The molecule has 2 fully saturated rings. The van der Waals surface area contributed by atoms with Gasteiger partial charge in [0.15, 0.2) is 5.78 Å². The molecule has 40 heavy (non-hydrogen) atoms. The average Bonchev–Trinajstić information content (AvgIpc) is 3.28. The number of carbonyl (C=O) groups excluding carboxylic acids is 3. The molecule has 1 aliphatic heterocycles. The summed E-state index contributed by atoms with van der Waals surface area (Å²) in [5.41, 5.74) is 3.31. The molecule has 0 spiro atoms. The molecule has 0 unspecified atom stereocenters. The molecular weight excluding hydrogens is 574 g/mol. The minimum Gasteiger partial charge on any atom is -0.336 e. The van der Waals surface area contributed by atoms with Gasteiger partial charge in [-0.1, -0.05) is 13.0 Å². The summed E-state index contributed by atoms with van der Waals surface area (Å²) < 4.78 is 2.37. The van der Waals surface area contributed by atoms with E-state index >= 15 is 0 Å². The number of likely N-dealkylation sites (tertiary alicyclic amines) is 1. The minimum atomic E-state index is -0.600. The fraction of sp³-hybridized carbons (Fsp3) is 0.345. The summed E-state index contributed by atoms with van der Waals surface area (Å²) in [5.74, 6) is 0.597. The maximum absolute atomic E-state index is 13.8. The van der Waals surface area contributed by atoms with E-state index in [1.165, 1.54) is 6.92 Å². The first-order chi connectivity index (χ1) is 19.0. The van der Waals surface area contributed by atoms with E-state index in [0.29, 0.717) is 44.8 Å². The van der Waals surface area contributed by atoms with Crippen LogP contribution >= 0.6 is 15.9 Å². The van der Waals surface area contributed by atoms with Crippen LogP contribution in [0.25, 0.3) is 22.2 Å². The highest BCUT2D eigenvalue weighted by molar-refractivity contribution is 9.10. The number of Topliss-reactive ketones (excluding diaryl/α,β-unsaturated/α-hetero) is 1. The molecule has 6 rings (SSSR count). The van der Waals surface area contributed by atoms with Crippen LogP contribution in [0, 0.1) is 19.3 Å². The zero-order valence-electron chi connectivity index (χ0n) is 22.6. The quantitative estimate of drug-likeness (QED) is 0.255. The second-order valence-electron chi connectivity index (χ2n) is 11.0. The maximum atomic E-state index is 13.8. The van der Waals surface area contributed by atoms with Crippen molar-refractivity contribution in [1.29, 1.82) is 0 Å². The summed E-state index contributed by atoms with van der Waals surface area (Å²) in [6.45, 7) is 7.30. The van der Waals surface area contributed by atoms with Gasteiger partial charge in [0, 0.05) is 41.1 Å². The standard InChI is InChI=1S/C29H28BrN7O3/c1-15-5-6-25(30)34-27(15)35-28(40)22-8-29(4)9-24(29)37(22)26(39)14-36-13-20(16(2)38)19-7-21(33-12-23(19)36)18-10-31-17(3)32-11-18/h5-7,10-13,22,24H,8-9,14H2,1-4H3,(H,34,35,40)/t22-,24+,29-/m0/s1. The highest BCUT2D eigenvalue weighted by Crippen LogP contribution is 2.59. The molecule has 10 nitrogen and oxygen atoms in total. The van der Waals surface area contributed by atoms with Crippen molar-refractivity contribution in [2.75, 3.05) is 5.32 Å². The molecule has 11 heteroatoms. The first-order valence-corrected chi connectivity index (χ1v) is 13.9. The van der Waals surface area contributed by atoms with E-state index in [2.05, 4.69) is 48.1 Å². The van der Waals surface area contributed by atoms with Crippen molar-refractivity contribution >= 4 is 50.2 Å². The number of carbonyl (C=O) groups is 3. The number of nitrogens with one attached hydrogen (secondary N) is 1. The number of piperidine rings is 1. The molecule has 1 saturated carbocycles. The Kier molecular flexibility index (Phi) is 6.29. The molecule has 0 aromatic carbocycles. The smallest absolute Gasteiger partial charge is 0.248 e. The molecule has 1 N–H and O–H groups in total. The molecule has 2 aliphatic rings. The Balaban J connectivity index is 1.29. The van der Waals surface area contributed by atoms with Gasteiger partial charge in [-0.2, -0.15) is 0 Å². The molecule has 1 saturated heterocycles. The Morgan fingerprint density at radius 3 is 2.58 bits per heavy atom. The van der Waals surface area contributed by atoms with Crippen molar-refractivity contribution in [3.05, 3.63) is 64.5 Å². The van der Waals surface area contributed by atoms with Crippen LogP contribution in [0.3, 0.4) is 0 Å². The molecule has 4 aromatic rings. The molecule has 0 bridgehead atoms. The number of ketones is 1. The number of rotatable bonds is 6. The Morgan fingerprint density at radius 1 is 1.10 bits per heavy atom. The van der Waals surface area contributed by atoms with Crippen molar-refractivity contribution in [2.24, 2.45) is 5.41 Å². The van der Waals surface area contributed by atoms with Gasteiger partial charge in [0.25, 0.3) is 0 Å². The number of aryl methyl sites for hydroxylation is 2. The van der Waals surface area contributed by atoms with Crippen LogP contribution in [0.4, 0.5) is 5.82 Å². The summed E-state index contributed by atoms with van der Waals surface area (Å²) in [6, 6.07) is 4.93. The monoisotopic (exact) mass is 601 g/mol. The van der Waals surface area contributed by atoms with Crippen LogP contribution in [0.15, 0.2) is 47.6 Å². The lowest BCUT2D eigenvalue weighted by Crippen LogP contribution is -2.46. The predicted molar refractivity (Wildman–Crippen MR) is 153 cm³/mol. The van der Waals surface area contributed by atoms with Crippen LogP contribution in [0.2, 0.25) is 0 Å². The zero-order chi connectivity index (χ0) is 28.3. The Labute approximate surface area is 239 Å². The highest BCUT2D eigenvalue weighted by atomic mass is 79.9. The molecule has 204 valence electrons. The number of aromatic nitrogens is 5. The van der Waals surface area contributed by atoms with E-state index in [-0.39, 0.29) is 35.6 Å². The van der Waals surface area contributed by atoms with Crippen LogP contribution in [-0.2, 0) is 16.1 Å². The summed E-state index contributed by atoms with van der Waals surface area (Å²) >= 11 is 3.35. The van der Waals surface area contributed by atoms with Gasteiger partial charge < -0.3 is 14.8 Å². The summed E-state index contributed by atoms with van der Waals surface area (Å²) in [6.07, 6.45) is 8.22. The SMILES string of the molecule is CC(=O)c1cn(CC(=O)N2[C@H](C(=O)Nc3nc(Br)ccc3C)C[C@@]3(C)C[C@@H]23)c2cnc(-c3cnc(C)nc3)cc12. The van der Waals surface area contributed by atoms with Gasteiger partial charge in [-0.25, -0.2) is 15.0 Å². The molecule has 5 heterocycles. The number of anilines is 1. The Hall–Kier alpha value is -3.99. The van der Waals surface area contributed by atoms with Gasteiger partial charge in [0.1, 0.15) is 28.8 Å². The van der Waals surface area contributed by atoms with E-state index in [0.717, 1.165) is 17.5 Å². The van der Waals surface area contributed by atoms with E-state index in [1.54, 1.807) is 34.3 Å². The molecule has 1 aliphatic carbocycles. The van der Waals surface area contributed by atoms with Crippen molar-refractivity contribution in [1.82, 2.24) is 29.4 Å². The number of hydrogen-bond donors (Lipinski definition) is 1. The second-order valence-corrected chi connectivity index (χ2v) is 11.8. The number of pyridine rings is 2. The number of fused-ring (bicyclic) bond motifs is 2. The normalized spacial score (nSPS) is 21.4. The van der Waals surface area contributed by atoms with Crippen LogP contribution < -0.4 is 5.32 Å². The molecule has 3 atom stereocenters. The lowest BCUT2D eigenvalue weighted by atomic mass is 10.0. The van der Waals surface area contributed by atoms with Gasteiger partial charge in [0.05, 0.1) is 17.4 Å². The number of halogens is 1. The number of amides is 2. The fourth-order valence-corrected chi connectivity index (χ4v) is 6.01. The summed E-state index contributed by atoms with van der Waals surface area (Å²) in [4.78, 5) is 59.0. The summed E-state index contributed by atoms with van der Waals surface area (Å²) in [5, 5.41) is 3.63. The van der Waals surface area contributed by atoms with Crippen molar-refractivity contribution in [3.8, 4) is 11.3 Å². The maximum Gasteiger partial charge on any atom is 0.248 e. The van der Waals surface area contributed by atoms with Crippen LogP contribution in [-0.4, -0.2) is 59.1 Å². The van der Waals surface area contributed by atoms with Crippen molar-refractivity contribution < 1.29 is 14.4 Å². The summed E-state index contributed by atoms with van der Waals surface area (Å²) in [7, 11) is 0. The van der Waals surface area contributed by atoms with E-state index in [1.807, 2.05) is 32.0 Å². The Bertz CT molecular complexity index is 1700. The molecular formula is C29H28BrN7O3. The van der Waals surface area contributed by atoms with Crippen molar-refractivity contribution in [3.63, 3.8) is 0 Å². The van der Waals surface area contributed by atoms with E-state index in [4.69, 9.17) is 0 Å². The van der Waals surface area contributed by atoms with Crippen LogP contribution in [0.1, 0.15) is 48.4 Å². The van der Waals surface area contributed by atoms with Gasteiger partial charge in [-0.05, 0) is 72.7 Å². The topological polar surface area (TPSA) is 123 Å². The van der Waals surface area contributed by atoms with E-state index < -0.39 is 6.04 Å². The lowest BCUT2D eigenvalue weighted by molar-refractivity contribution is -0.138. The fourth-order valence-electron chi connectivity index (χ4n) is 5.70. The van der Waals surface area contributed by atoms with Gasteiger partial charge in [-0.3, -0.25) is 19.4 Å². The van der Waals surface area contributed by atoms with E-state index in [9.17, 15) is 14.4 Å².